The number of rotatable bonds is 6. The number of aromatic nitrogens is 1. The summed E-state index contributed by atoms with van der Waals surface area (Å²) in [6, 6.07) is 39.5. The van der Waals surface area contributed by atoms with Gasteiger partial charge >= 0.3 is 0 Å². The topological polar surface area (TPSA) is 37.6 Å². The Kier molecular flexibility index (Phi) is 7.37. The quantitative estimate of drug-likeness (QED) is 0.217. The average Bonchev–Trinajstić information content (AvgIpc) is 2.96. The van der Waals surface area contributed by atoms with Crippen molar-refractivity contribution in [2.45, 2.75) is 27.7 Å². The third-order valence-electron chi connectivity index (χ3n) is 6.69. The zero-order valence-corrected chi connectivity index (χ0v) is 22.3. The Hall–Kier alpha value is -4.63. The van der Waals surface area contributed by atoms with Gasteiger partial charge in [-0.15, -0.1) is 0 Å². The molecule has 5 rings (SSSR count). The zero-order chi connectivity index (χ0) is 26.5. The van der Waals surface area contributed by atoms with Crippen molar-refractivity contribution in [2.75, 3.05) is 0 Å². The van der Waals surface area contributed by atoms with E-state index in [1.165, 1.54) is 0 Å². The van der Waals surface area contributed by atoms with Gasteiger partial charge in [0.1, 0.15) is 0 Å². The minimum Gasteiger partial charge on any atom is -0.251 e. The Morgan fingerprint density at radius 2 is 0.895 bits per heavy atom. The summed E-state index contributed by atoms with van der Waals surface area (Å²) in [5.41, 5.74) is 12.1. The first-order valence-electron chi connectivity index (χ1n) is 12.9. The van der Waals surface area contributed by atoms with Gasteiger partial charge in [0.25, 0.3) is 0 Å². The minimum atomic E-state index is 0.834. The van der Waals surface area contributed by atoms with E-state index in [4.69, 9.17) is 15.0 Å². The zero-order valence-electron chi connectivity index (χ0n) is 22.3. The second-order valence-corrected chi connectivity index (χ2v) is 9.48. The highest BCUT2D eigenvalue weighted by molar-refractivity contribution is 6.04. The van der Waals surface area contributed by atoms with E-state index in [0.29, 0.717) is 0 Å². The molecule has 1 heterocycles. The van der Waals surface area contributed by atoms with Crippen molar-refractivity contribution in [3.8, 4) is 22.3 Å². The van der Waals surface area contributed by atoms with E-state index in [9.17, 15) is 0 Å². The van der Waals surface area contributed by atoms with Gasteiger partial charge in [0.2, 0.25) is 0 Å². The molecule has 0 bridgehead atoms. The molecular weight excluding hydrogens is 462 g/mol. The summed E-state index contributed by atoms with van der Waals surface area (Å²) in [5.74, 6) is 0. The second-order valence-electron chi connectivity index (χ2n) is 9.48. The molecule has 0 saturated carbocycles. The Morgan fingerprint density at radius 1 is 0.474 bits per heavy atom. The van der Waals surface area contributed by atoms with Gasteiger partial charge < -0.3 is 0 Å². The monoisotopic (exact) mass is 493 g/mol. The lowest BCUT2D eigenvalue weighted by Crippen LogP contribution is -2.05. The van der Waals surface area contributed by atoms with Crippen molar-refractivity contribution in [3.63, 3.8) is 0 Å². The van der Waals surface area contributed by atoms with Gasteiger partial charge in [0, 0.05) is 11.1 Å². The van der Waals surface area contributed by atoms with Crippen LogP contribution < -0.4 is 0 Å². The van der Waals surface area contributed by atoms with Crippen LogP contribution in [0, 0.1) is 13.8 Å². The van der Waals surface area contributed by atoms with Crippen LogP contribution in [-0.4, -0.2) is 16.4 Å². The van der Waals surface area contributed by atoms with Crippen molar-refractivity contribution >= 4 is 22.8 Å². The molecule has 0 amide bonds. The lowest BCUT2D eigenvalue weighted by atomic mass is 9.96. The molecule has 5 aromatic rings. The van der Waals surface area contributed by atoms with Gasteiger partial charge in [-0.05, 0) is 62.1 Å². The van der Waals surface area contributed by atoms with Gasteiger partial charge in [-0.1, -0.05) is 103 Å². The van der Waals surface area contributed by atoms with Crippen molar-refractivity contribution in [3.05, 3.63) is 138 Å². The predicted molar refractivity (Wildman–Crippen MR) is 161 cm³/mol. The maximum Gasteiger partial charge on any atom is 0.0849 e. The number of nitrogens with zero attached hydrogens (tertiary/aromatic N) is 3. The summed E-state index contributed by atoms with van der Waals surface area (Å²) in [5, 5.41) is 0. The summed E-state index contributed by atoms with van der Waals surface area (Å²) < 4.78 is 0. The van der Waals surface area contributed by atoms with Crippen LogP contribution in [0.2, 0.25) is 0 Å². The molecule has 0 saturated heterocycles. The van der Waals surface area contributed by atoms with Crippen molar-refractivity contribution < 1.29 is 0 Å². The van der Waals surface area contributed by atoms with Crippen LogP contribution >= 0.6 is 0 Å². The molecule has 1 aromatic heterocycles. The average molecular weight is 494 g/mol. The van der Waals surface area contributed by atoms with Crippen LogP contribution in [0.15, 0.2) is 125 Å². The van der Waals surface area contributed by atoms with Crippen LogP contribution in [0.1, 0.15) is 36.4 Å². The fraction of sp³-hybridized carbons (Fsp3) is 0.114. The molecule has 3 nitrogen and oxygen atoms in total. The first-order chi connectivity index (χ1) is 18.5. The summed E-state index contributed by atoms with van der Waals surface area (Å²) in [6.45, 7) is 8.23. The van der Waals surface area contributed by atoms with Gasteiger partial charge in [-0.25, -0.2) is 4.98 Å². The number of benzene rings is 4. The minimum absolute atomic E-state index is 0.834. The number of pyridine rings is 1. The largest absolute Gasteiger partial charge is 0.251 e. The fourth-order valence-corrected chi connectivity index (χ4v) is 4.63. The van der Waals surface area contributed by atoms with Crippen LogP contribution in [-0.2, 0) is 0 Å². The molecule has 0 fully saturated rings. The van der Waals surface area contributed by atoms with Crippen LogP contribution in [0.3, 0.4) is 0 Å². The first kappa shape index (κ1) is 25.0. The summed E-state index contributed by atoms with van der Waals surface area (Å²) >= 11 is 0. The molecule has 0 radical (unpaired) electrons. The maximum absolute atomic E-state index is 5.21. The molecule has 4 aromatic carbocycles. The molecule has 0 unspecified atom stereocenters. The fourth-order valence-electron chi connectivity index (χ4n) is 4.63. The summed E-state index contributed by atoms with van der Waals surface area (Å²) in [7, 11) is 0. The predicted octanol–water partition coefficient (Wildman–Crippen LogP) is 9.31. The van der Waals surface area contributed by atoms with Gasteiger partial charge in [-0.3, -0.25) is 9.98 Å². The molecule has 0 aliphatic carbocycles. The summed E-state index contributed by atoms with van der Waals surface area (Å²) in [4.78, 5) is 15.1. The lowest BCUT2D eigenvalue weighted by molar-refractivity contribution is 1.23. The Labute approximate surface area is 225 Å². The van der Waals surface area contributed by atoms with Crippen molar-refractivity contribution in [1.29, 1.82) is 0 Å². The van der Waals surface area contributed by atoms with E-state index in [-0.39, 0.29) is 0 Å². The van der Waals surface area contributed by atoms with Crippen LogP contribution in [0.5, 0.6) is 0 Å². The second kappa shape index (κ2) is 11.2. The molecule has 0 atom stereocenters. The lowest BCUT2D eigenvalue weighted by Gasteiger charge is -2.14. The molecule has 186 valence electrons. The molecular formula is C35H31N3. The molecule has 3 heteroatoms. The van der Waals surface area contributed by atoms with Crippen molar-refractivity contribution in [1.82, 2.24) is 4.98 Å². The molecule has 0 aliphatic rings. The van der Waals surface area contributed by atoms with E-state index in [0.717, 1.165) is 67.6 Å². The highest BCUT2D eigenvalue weighted by atomic mass is 14.8. The normalized spacial score (nSPS) is 12.0. The van der Waals surface area contributed by atoms with Crippen molar-refractivity contribution in [2.24, 2.45) is 9.98 Å². The Balaban J connectivity index is 1.60. The third-order valence-corrected chi connectivity index (χ3v) is 6.69. The highest BCUT2D eigenvalue weighted by Crippen LogP contribution is 2.39. The third kappa shape index (κ3) is 5.37. The van der Waals surface area contributed by atoms with E-state index in [2.05, 4.69) is 98.8 Å². The number of aryl methyl sites for hydroxylation is 2. The Morgan fingerprint density at radius 3 is 1.39 bits per heavy atom. The smallest absolute Gasteiger partial charge is 0.0849 e. The maximum atomic E-state index is 5.21. The van der Waals surface area contributed by atoms with E-state index in [1.54, 1.807) is 0 Å². The number of aliphatic imine (C=N–C) groups is 2. The SMILES string of the molecule is CC(=Nc1c(C)cccc1C)c1cccc(C(C)=Nc2c(-c3ccccc3)cccc2-c2ccccc2)n1. The highest BCUT2D eigenvalue weighted by Gasteiger charge is 2.13. The first-order valence-corrected chi connectivity index (χ1v) is 12.9. The van der Waals surface area contributed by atoms with Gasteiger partial charge in [-0.2, -0.15) is 0 Å². The Bertz CT molecular complexity index is 1550. The molecule has 0 aliphatic heterocycles. The van der Waals surface area contributed by atoms with Crippen LogP contribution in [0.4, 0.5) is 11.4 Å². The molecule has 0 N–H and O–H groups in total. The number of hydrogen-bond donors (Lipinski definition) is 0. The van der Waals surface area contributed by atoms with E-state index < -0.39 is 0 Å². The standard InChI is InChI=1S/C35H31N3/c1-24-14-11-15-25(2)34(24)36-26(3)32-22-13-23-33(38-32)27(4)37-35-30(28-16-7-5-8-17-28)20-12-21-31(35)29-18-9-6-10-19-29/h5-23H,1-4H3. The van der Waals surface area contributed by atoms with Gasteiger partial charge in [0.15, 0.2) is 0 Å². The van der Waals surface area contributed by atoms with E-state index >= 15 is 0 Å². The van der Waals surface area contributed by atoms with Crippen LogP contribution in [0.25, 0.3) is 22.3 Å². The van der Waals surface area contributed by atoms with E-state index in [1.807, 2.05) is 44.2 Å². The number of hydrogen-bond acceptors (Lipinski definition) is 3. The molecule has 38 heavy (non-hydrogen) atoms. The molecule has 0 spiro atoms. The number of para-hydroxylation sites is 2. The van der Waals surface area contributed by atoms with Gasteiger partial charge in [0.05, 0.1) is 34.2 Å². The summed E-state index contributed by atoms with van der Waals surface area (Å²) in [6.07, 6.45) is 0.